The molecule has 0 aliphatic carbocycles. The number of hydrogen-bond acceptors (Lipinski definition) is 6. The van der Waals surface area contributed by atoms with Crippen molar-refractivity contribution in [2.75, 3.05) is 0 Å². The van der Waals surface area contributed by atoms with Crippen molar-refractivity contribution in [2.24, 2.45) is 0 Å². The minimum absolute atomic E-state index is 0.245. The van der Waals surface area contributed by atoms with Crippen molar-refractivity contribution in [3.8, 4) is 0 Å². The number of thiophene rings is 1. The van der Waals surface area contributed by atoms with Crippen LogP contribution in [-0.4, -0.2) is 14.6 Å². The minimum atomic E-state index is -0.436. The van der Waals surface area contributed by atoms with Crippen LogP contribution in [0.4, 0.5) is 0 Å². The second-order valence-corrected chi connectivity index (χ2v) is 5.21. The van der Waals surface area contributed by atoms with Crippen LogP contribution < -0.4 is 15.7 Å². The highest BCUT2D eigenvalue weighted by atomic mass is 32.1. The molecule has 0 bridgehead atoms. The Hall–Kier alpha value is -1.86. The van der Waals surface area contributed by atoms with Gasteiger partial charge in [-0.2, -0.15) is 14.6 Å². The second kappa shape index (κ2) is 3.86. The van der Waals surface area contributed by atoms with Crippen LogP contribution in [0.1, 0.15) is 4.88 Å². The van der Waals surface area contributed by atoms with E-state index in [4.69, 9.17) is 0 Å². The minimum Gasteiger partial charge on any atom is -0.266 e. The molecule has 0 N–H and O–H groups in total. The molecule has 0 aromatic carbocycles. The van der Waals surface area contributed by atoms with Crippen molar-refractivity contribution < 1.29 is 0 Å². The lowest BCUT2D eigenvalue weighted by atomic mass is 10.4. The molecule has 0 fully saturated rings. The fraction of sp³-hybridized carbons (Fsp3) is 0. The van der Waals surface area contributed by atoms with Crippen molar-refractivity contribution in [3.05, 3.63) is 53.8 Å². The smallest absolute Gasteiger partial charge is 0.266 e. The van der Waals surface area contributed by atoms with E-state index >= 15 is 0 Å². The predicted molar refractivity (Wildman–Crippen MR) is 66.5 cm³/mol. The molecule has 7 heteroatoms. The van der Waals surface area contributed by atoms with Gasteiger partial charge in [-0.3, -0.25) is 9.59 Å². The summed E-state index contributed by atoms with van der Waals surface area (Å²) in [4.78, 5) is 28.0. The summed E-state index contributed by atoms with van der Waals surface area (Å²) >= 11 is 2.70. The first-order valence-electron chi connectivity index (χ1n) is 4.68. The van der Waals surface area contributed by atoms with Crippen LogP contribution in [0.5, 0.6) is 0 Å². The lowest BCUT2D eigenvalue weighted by Gasteiger charge is -1.83. The number of fused-ring (bicyclic) bond motifs is 1. The number of aromatic nitrogens is 3. The van der Waals surface area contributed by atoms with Crippen LogP contribution >= 0.6 is 22.7 Å². The summed E-state index contributed by atoms with van der Waals surface area (Å²) in [5, 5.41) is 5.69. The number of thiazole rings is 1. The molecule has 0 atom stereocenters. The Bertz CT molecular complexity index is 833. The summed E-state index contributed by atoms with van der Waals surface area (Å²) < 4.78 is 1.67. The molecule has 5 nitrogen and oxygen atoms in total. The zero-order valence-corrected chi connectivity index (χ0v) is 9.99. The molecule has 0 aliphatic heterocycles. The first-order valence-corrected chi connectivity index (χ1v) is 6.38. The van der Waals surface area contributed by atoms with Crippen molar-refractivity contribution in [3.63, 3.8) is 0 Å². The topological polar surface area (TPSA) is 64.3 Å². The second-order valence-electron chi connectivity index (χ2n) is 3.22. The largest absolute Gasteiger partial charge is 0.292 e. The van der Waals surface area contributed by atoms with Gasteiger partial charge in [-0.05, 0) is 17.5 Å². The predicted octanol–water partition coefficient (Wildman–Crippen LogP) is 0.120. The number of rotatable bonds is 1. The molecule has 0 spiro atoms. The average molecular weight is 263 g/mol. The third-order valence-corrected chi connectivity index (χ3v) is 3.87. The SMILES string of the molecule is O=c1cnn2c(=O)/c(=C/c3cccs3)sc2n1. The van der Waals surface area contributed by atoms with Crippen LogP contribution in [0.3, 0.4) is 0 Å². The van der Waals surface area contributed by atoms with Gasteiger partial charge >= 0.3 is 0 Å². The molecule has 84 valence electrons. The van der Waals surface area contributed by atoms with Crippen LogP contribution in [0.25, 0.3) is 11.0 Å². The van der Waals surface area contributed by atoms with Crippen molar-refractivity contribution >= 4 is 33.7 Å². The van der Waals surface area contributed by atoms with Gasteiger partial charge in [0.25, 0.3) is 11.1 Å². The van der Waals surface area contributed by atoms with E-state index in [-0.39, 0.29) is 5.56 Å². The molecular weight excluding hydrogens is 258 g/mol. The first kappa shape index (κ1) is 10.3. The van der Waals surface area contributed by atoms with Gasteiger partial charge < -0.3 is 0 Å². The lowest BCUT2D eigenvalue weighted by Crippen LogP contribution is -2.25. The molecule has 0 unspecified atom stereocenters. The maximum absolute atomic E-state index is 11.9. The molecule has 17 heavy (non-hydrogen) atoms. The Labute approximate surface area is 102 Å². The van der Waals surface area contributed by atoms with Gasteiger partial charge in [0.1, 0.15) is 6.20 Å². The van der Waals surface area contributed by atoms with Gasteiger partial charge in [0.05, 0.1) is 4.53 Å². The van der Waals surface area contributed by atoms with Gasteiger partial charge in [-0.25, -0.2) is 0 Å². The Morgan fingerprint density at radius 3 is 3.00 bits per heavy atom. The zero-order chi connectivity index (χ0) is 11.8. The fourth-order valence-electron chi connectivity index (χ4n) is 1.37. The Kier molecular flexibility index (Phi) is 2.34. The van der Waals surface area contributed by atoms with E-state index in [1.165, 1.54) is 11.3 Å². The normalized spacial score (nSPS) is 12.4. The molecule has 0 saturated heterocycles. The Balaban J connectivity index is 2.36. The Morgan fingerprint density at radius 2 is 2.24 bits per heavy atom. The Morgan fingerprint density at radius 1 is 1.35 bits per heavy atom. The van der Waals surface area contributed by atoms with E-state index in [0.29, 0.717) is 9.49 Å². The maximum Gasteiger partial charge on any atom is 0.292 e. The quantitative estimate of drug-likeness (QED) is 0.625. The maximum atomic E-state index is 11.9. The first-order chi connectivity index (χ1) is 8.24. The summed E-state index contributed by atoms with van der Waals surface area (Å²) in [6, 6.07) is 3.83. The van der Waals surface area contributed by atoms with Crippen LogP contribution in [-0.2, 0) is 0 Å². The summed E-state index contributed by atoms with van der Waals surface area (Å²) in [5.74, 6) is 0. The van der Waals surface area contributed by atoms with Gasteiger partial charge in [0.15, 0.2) is 0 Å². The third kappa shape index (κ3) is 1.79. The molecular formula is C10H5N3O2S2. The summed E-state index contributed by atoms with van der Waals surface area (Å²) in [6.45, 7) is 0. The molecule has 3 aromatic rings. The summed E-state index contributed by atoms with van der Waals surface area (Å²) in [7, 11) is 0. The molecule has 0 amide bonds. The van der Waals surface area contributed by atoms with Crippen LogP contribution in [0.15, 0.2) is 33.3 Å². The average Bonchev–Trinajstić information content (AvgIpc) is 2.89. The van der Waals surface area contributed by atoms with E-state index in [1.807, 2.05) is 17.5 Å². The van der Waals surface area contributed by atoms with E-state index in [0.717, 1.165) is 26.9 Å². The van der Waals surface area contributed by atoms with Crippen molar-refractivity contribution in [2.45, 2.75) is 0 Å². The number of hydrogen-bond donors (Lipinski definition) is 0. The molecule has 3 rings (SSSR count). The fourth-order valence-corrected chi connectivity index (χ4v) is 3.01. The van der Waals surface area contributed by atoms with Crippen molar-refractivity contribution in [1.29, 1.82) is 0 Å². The van der Waals surface area contributed by atoms with Crippen LogP contribution in [0.2, 0.25) is 0 Å². The van der Waals surface area contributed by atoms with Gasteiger partial charge in [-0.15, -0.1) is 11.3 Å². The highest BCUT2D eigenvalue weighted by Crippen LogP contribution is 2.08. The highest BCUT2D eigenvalue weighted by molar-refractivity contribution is 7.15. The van der Waals surface area contributed by atoms with E-state index in [2.05, 4.69) is 10.1 Å². The van der Waals surface area contributed by atoms with Gasteiger partial charge in [-0.1, -0.05) is 17.4 Å². The van der Waals surface area contributed by atoms with E-state index < -0.39 is 5.56 Å². The number of nitrogens with zero attached hydrogens (tertiary/aromatic N) is 3. The van der Waals surface area contributed by atoms with Crippen molar-refractivity contribution in [1.82, 2.24) is 14.6 Å². The molecule has 0 radical (unpaired) electrons. The highest BCUT2D eigenvalue weighted by Gasteiger charge is 2.05. The van der Waals surface area contributed by atoms with Crippen LogP contribution in [0, 0.1) is 0 Å². The molecule has 3 heterocycles. The summed E-state index contributed by atoms with van der Waals surface area (Å²) in [5.41, 5.74) is -0.681. The summed E-state index contributed by atoms with van der Waals surface area (Å²) in [6.07, 6.45) is 2.81. The van der Waals surface area contributed by atoms with Gasteiger partial charge in [0.2, 0.25) is 4.96 Å². The third-order valence-electron chi connectivity index (χ3n) is 2.09. The van der Waals surface area contributed by atoms with Gasteiger partial charge in [0, 0.05) is 4.88 Å². The zero-order valence-electron chi connectivity index (χ0n) is 8.36. The molecule has 0 aliphatic rings. The lowest BCUT2D eigenvalue weighted by molar-refractivity contribution is 0.866. The van der Waals surface area contributed by atoms with E-state index in [9.17, 15) is 9.59 Å². The standard InChI is InChI=1S/C10H5N3O2S2/c14-8-5-11-13-9(15)7(17-10(13)12-8)4-6-2-1-3-16-6/h1-5H/b7-4-. The molecule has 0 saturated carbocycles. The molecule has 3 aromatic heterocycles. The van der Waals surface area contributed by atoms with E-state index in [1.54, 1.807) is 6.08 Å². The monoisotopic (exact) mass is 263 g/mol.